The number of benzene rings is 3. The van der Waals surface area contributed by atoms with Crippen LogP contribution in [-0.2, 0) is 4.79 Å². The predicted octanol–water partition coefficient (Wildman–Crippen LogP) is 6.13. The minimum Gasteiger partial charge on any atom is -0.358 e. The van der Waals surface area contributed by atoms with Crippen molar-refractivity contribution in [2.24, 2.45) is 0 Å². The molecule has 5 rings (SSSR count). The van der Waals surface area contributed by atoms with Crippen molar-refractivity contribution in [3.8, 4) is 0 Å². The van der Waals surface area contributed by atoms with Crippen LogP contribution in [0.2, 0.25) is 0 Å². The summed E-state index contributed by atoms with van der Waals surface area (Å²) >= 11 is 1.74. The molecule has 0 bridgehead atoms. The Morgan fingerprint density at radius 2 is 1.78 bits per heavy atom. The molecule has 1 heterocycles. The molecule has 1 atom stereocenters. The Hall–Kier alpha value is -2.52. The van der Waals surface area contributed by atoms with Crippen LogP contribution in [0.15, 0.2) is 76.8 Å². The van der Waals surface area contributed by atoms with E-state index in [0.29, 0.717) is 12.2 Å². The minimum atomic E-state index is 0.00561. The Morgan fingerprint density at radius 3 is 2.59 bits per heavy atom. The van der Waals surface area contributed by atoms with Gasteiger partial charge in [-0.1, -0.05) is 42.5 Å². The number of carbonyl (C=O) groups is 1. The van der Waals surface area contributed by atoms with Crippen LogP contribution in [0.25, 0.3) is 10.8 Å². The van der Waals surface area contributed by atoms with Crippen molar-refractivity contribution in [2.45, 2.75) is 30.1 Å². The van der Waals surface area contributed by atoms with Gasteiger partial charge in [-0.25, -0.2) is 0 Å². The summed E-state index contributed by atoms with van der Waals surface area (Å²) in [4.78, 5) is 14.2. The van der Waals surface area contributed by atoms with Crippen LogP contribution in [0.5, 0.6) is 0 Å². The molecule has 3 aromatic carbocycles. The van der Waals surface area contributed by atoms with Gasteiger partial charge in [0.15, 0.2) is 5.78 Å². The maximum absolute atomic E-state index is 13.0. The summed E-state index contributed by atoms with van der Waals surface area (Å²) in [7, 11) is 0. The number of hydrogen-bond donors (Lipinski definition) is 1. The fourth-order valence-corrected chi connectivity index (χ4v) is 4.89. The van der Waals surface area contributed by atoms with Crippen LogP contribution in [0.3, 0.4) is 0 Å². The highest BCUT2D eigenvalue weighted by molar-refractivity contribution is 7.98. The van der Waals surface area contributed by atoms with Gasteiger partial charge in [-0.2, -0.15) is 0 Å². The van der Waals surface area contributed by atoms with Crippen molar-refractivity contribution >= 4 is 34.0 Å². The molecule has 0 saturated carbocycles. The van der Waals surface area contributed by atoms with Gasteiger partial charge in [-0.3, -0.25) is 4.79 Å². The van der Waals surface area contributed by atoms with E-state index in [9.17, 15) is 4.79 Å². The van der Waals surface area contributed by atoms with Gasteiger partial charge in [-0.05, 0) is 59.2 Å². The number of hydrogen-bond acceptors (Lipinski definition) is 3. The Balaban J connectivity index is 1.79. The molecule has 1 unspecified atom stereocenters. The lowest BCUT2D eigenvalue weighted by molar-refractivity contribution is -0.116. The van der Waals surface area contributed by atoms with E-state index in [2.05, 4.69) is 72.2 Å². The van der Waals surface area contributed by atoms with E-state index in [1.165, 1.54) is 26.8 Å². The van der Waals surface area contributed by atoms with Gasteiger partial charge in [0.1, 0.15) is 0 Å². The van der Waals surface area contributed by atoms with E-state index < -0.39 is 0 Å². The SMILES string of the molecule is CSc1ccc(C2C3=C(CCCC3=O)Nc3ccc4ccccc4c32)cc1. The number of carbonyl (C=O) groups excluding carboxylic acids is 1. The second-order valence-electron chi connectivity index (χ2n) is 7.25. The Labute approximate surface area is 163 Å². The van der Waals surface area contributed by atoms with Gasteiger partial charge >= 0.3 is 0 Å². The second-order valence-corrected chi connectivity index (χ2v) is 8.13. The average molecular weight is 372 g/mol. The summed E-state index contributed by atoms with van der Waals surface area (Å²) in [6.45, 7) is 0. The van der Waals surface area contributed by atoms with Gasteiger partial charge in [0.2, 0.25) is 0 Å². The van der Waals surface area contributed by atoms with Gasteiger partial charge in [0.25, 0.3) is 0 Å². The third kappa shape index (κ3) is 2.69. The van der Waals surface area contributed by atoms with Crippen molar-refractivity contribution in [3.63, 3.8) is 0 Å². The van der Waals surface area contributed by atoms with Crippen LogP contribution >= 0.6 is 11.8 Å². The van der Waals surface area contributed by atoms with E-state index in [1.807, 2.05) is 0 Å². The predicted molar refractivity (Wildman–Crippen MR) is 114 cm³/mol. The first-order valence-electron chi connectivity index (χ1n) is 9.45. The van der Waals surface area contributed by atoms with Crippen molar-refractivity contribution < 1.29 is 4.79 Å². The molecule has 0 radical (unpaired) electrons. The minimum absolute atomic E-state index is 0.00561. The zero-order valence-electron chi connectivity index (χ0n) is 15.3. The topological polar surface area (TPSA) is 29.1 Å². The Bertz CT molecular complexity index is 1080. The normalized spacial score (nSPS) is 18.9. The highest BCUT2D eigenvalue weighted by Crippen LogP contribution is 2.48. The number of allylic oxidation sites excluding steroid dienone is 2. The van der Waals surface area contributed by atoms with Crippen LogP contribution < -0.4 is 5.32 Å². The van der Waals surface area contributed by atoms with E-state index in [4.69, 9.17) is 0 Å². The van der Waals surface area contributed by atoms with E-state index in [0.717, 1.165) is 29.8 Å². The molecule has 3 aromatic rings. The molecule has 2 nitrogen and oxygen atoms in total. The molecule has 1 aliphatic carbocycles. The van der Waals surface area contributed by atoms with Gasteiger partial charge in [-0.15, -0.1) is 11.8 Å². The van der Waals surface area contributed by atoms with Gasteiger partial charge < -0.3 is 5.32 Å². The number of thioether (sulfide) groups is 1. The summed E-state index contributed by atoms with van der Waals surface area (Å²) in [5.41, 5.74) is 5.67. The standard InChI is InChI=1S/C24H21NOS/c1-27-17-12-9-16(10-13-17)22-23-18-6-3-2-5-15(18)11-14-20(23)25-19-7-4-8-21(26)24(19)22/h2-3,5-6,9-14,22,25H,4,7-8H2,1H3. The molecule has 0 aromatic heterocycles. The fraction of sp³-hybridized carbons (Fsp3) is 0.208. The summed E-state index contributed by atoms with van der Waals surface area (Å²) < 4.78 is 0. The fourth-order valence-electron chi connectivity index (χ4n) is 4.48. The van der Waals surface area contributed by atoms with Crippen molar-refractivity contribution in [2.75, 3.05) is 11.6 Å². The zero-order valence-corrected chi connectivity index (χ0v) is 16.1. The number of anilines is 1. The molecule has 0 spiro atoms. The average Bonchev–Trinajstić information content (AvgIpc) is 2.72. The first kappa shape index (κ1) is 16.6. The summed E-state index contributed by atoms with van der Waals surface area (Å²) in [5, 5.41) is 6.05. The van der Waals surface area contributed by atoms with E-state index in [1.54, 1.807) is 11.8 Å². The molecule has 0 fully saturated rings. The van der Waals surface area contributed by atoms with Crippen LogP contribution in [0.4, 0.5) is 5.69 Å². The summed E-state index contributed by atoms with van der Waals surface area (Å²) in [6, 6.07) is 21.6. The van der Waals surface area contributed by atoms with Crippen molar-refractivity contribution in [1.29, 1.82) is 0 Å². The highest BCUT2D eigenvalue weighted by Gasteiger charge is 2.35. The first-order valence-corrected chi connectivity index (χ1v) is 10.7. The number of nitrogens with one attached hydrogen (secondary N) is 1. The third-order valence-corrected chi connectivity index (χ3v) is 6.48. The van der Waals surface area contributed by atoms with Gasteiger partial charge in [0.05, 0.1) is 0 Å². The molecule has 1 N–H and O–H groups in total. The molecular formula is C24H21NOS. The number of rotatable bonds is 2. The van der Waals surface area contributed by atoms with Crippen LogP contribution in [0.1, 0.15) is 36.3 Å². The zero-order chi connectivity index (χ0) is 18.4. The van der Waals surface area contributed by atoms with Crippen molar-refractivity contribution in [3.05, 3.63) is 83.1 Å². The lowest BCUT2D eigenvalue weighted by Gasteiger charge is -2.35. The van der Waals surface area contributed by atoms with Crippen LogP contribution in [-0.4, -0.2) is 12.0 Å². The third-order valence-electron chi connectivity index (χ3n) is 5.74. The summed E-state index contributed by atoms with van der Waals surface area (Å²) in [5.74, 6) is 0.298. The molecular weight excluding hydrogens is 350 g/mol. The molecule has 3 heteroatoms. The maximum atomic E-state index is 13.0. The lowest BCUT2D eigenvalue weighted by atomic mass is 9.74. The second kappa shape index (κ2) is 6.58. The lowest BCUT2D eigenvalue weighted by Crippen LogP contribution is -2.27. The Morgan fingerprint density at radius 1 is 0.963 bits per heavy atom. The van der Waals surface area contributed by atoms with Crippen molar-refractivity contribution in [1.82, 2.24) is 0 Å². The number of Topliss-reactive ketones (excluding diaryl/α,β-unsaturated/α-hetero) is 1. The van der Waals surface area contributed by atoms with E-state index >= 15 is 0 Å². The maximum Gasteiger partial charge on any atom is 0.161 e. The molecule has 0 saturated heterocycles. The first-order chi connectivity index (χ1) is 13.3. The molecule has 0 amide bonds. The highest BCUT2D eigenvalue weighted by atomic mass is 32.2. The molecule has 2 aliphatic rings. The van der Waals surface area contributed by atoms with Crippen LogP contribution in [0, 0.1) is 0 Å². The van der Waals surface area contributed by atoms with Gasteiger partial charge in [0, 0.05) is 34.2 Å². The molecule has 27 heavy (non-hydrogen) atoms. The van der Waals surface area contributed by atoms with E-state index in [-0.39, 0.29) is 5.92 Å². The number of ketones is 1. The smallest absolute Gasteiger partial charge is 0.161 e. The number of fused-ring (bicyclic) bond motifs is 3. The Kier molecular flexibility index (Phi) is 4.05. The monoisotopic (exact) mass is 371 g/mol. The largest absolute Gasteiger partial charge is 0.358 e. The quantitative estimate of drug-likeness (QED) is 0.550. The molecule has 1 aliphatic heterocycles. The summed E-state index contributed by atoms with van der Waals surface area (Å²) in [6.07, 6.45) is 4.63. The molecule has 134 valence electrons.